The van der Waals surface area contributed by atoms with Crippen molar-refractivity contribution in [3.63, 3.8) is 0 Å². The lowest BCUT2D eigenvalue weighted by atomic mass is 10.0. The number of ether oxygens (including phenoxy) is 1. The molecule has 0 radical (unpaired) electrons. The van der Waals surface area contributed by atoms with Crippen molar-refractivity contribution in [2.24, 2.45) is 0 Å². The van der Waals surface area contributed by atoms with Gasteiger partial charge in [0.1, 0.15) is 0 Å². The lowest BCUT2D eigenvalue weighted by molar-refractivity contribution is 0.103. The predicted octanol–water partition coefficient (Wildman–Crippen LogP) is 7.61. The van der Waals surface area contributed by atoms with Crippen molar-refractivity contribution in [2.45, 2.75) is 116 Å². The van der Waals surface area contributed by atoms with Gasteiger partial charge >= 0.3 is 0 Å². The molecular weight excluding hydrogens is 396 g/mol. The van der Waals surface area contributed by atoms with Gasteiger partial charge in [0.25, 0.3) is 0 Å². The molecule has 0 bridgehead atoms. The van der Waals surface area contributed by atoms with Crippen molar-refractivity contribution in [3.8, 4) is 6.07 Å². The monoisotopic (exact) mass is 444 g/mol. The van der Waals surface area contributed by atoms with Crippen molar-refractivity contribution < 1.29 is 9.84 Å². The first-order valence-electron chi connectivity index (χ1n) is 13.3. The summed E-state index contributed by atoms with van der Waals surface area (Å²) in [7, 11) is 0. The maximum Gasteiger partial charge on any atom is 0.0992 e. The van der Waals surface area contributed by atoms with Crippen LogP contribution < -0.4 is 5.32 Å². The summed E-state index contributed by atoms with van der Waals surface area (Å²) in [5.41, 5.74) is 1.45. The first-order chi connectivity index (χ1) is 15.8. The van der Waals surface area contributed by atoms with Crippen LogP contribution in [0.2, 0.25) is 0 Å². The van der Waals surface area contributed by atoms with Gasteiger partial charge in [-0.25, -0.2) is 0 Å². The SMILES string of the molecule is CCCCCCCCCCCCCCCCCCOC[C@H](CO)Nc1cccc(C#N)c1. The van der Waals surface area contributed by atoms with Crippen LogP contribution in [0.1, 0.15) is 115 Å². The van der Waals surface area contributed by atoms with Gasteiger partial charge < -0.3 is 15.2 Å². The van der Waals surface area contributed by atoms with Crippen LogP contribution in [0.25, 0.3) is 0 Å². The summed E-state index contributed by atoms with van der Waals surface area (Å²) in [6, 6.07) is 9.28. The molecule has 0 saturated carbocycles. The number of aliphatic hydroxyl groups is 1. The third-order valence-corrected chi connectivity index (χ3v) is 6.04. The van der Waals surface area contributed by atoms with Gasteiger partial charge in [-0.3, -0.25) is 0 Å². The van der Waals surface area contributed by atoms with Crippen LogP contribution in [-0.4, -0.2) is 31.0 Å². The number of benzene rings is 1. The molecule has 0 unspecified atom stereocenters. The highest BCUT2D eigenvalue weighted by molar-refractivity contribution is 5.49. The fraction of sp³-hybridized carbons (Fsp3) is 0.750. The van der Waals surface area contributed by atoms with Crippen molar-refractivity contribution in [3.05, 3.63) is 29.8 Å². The number of nitrogens with zero attached hydrogens (tertiary/aromatic N) is 1. The number of aliphatic hydroxyl groups excluding tert-OH is 1. The second-order valence-corrected chi connectivity index (χ2v) is 9.09. The fourth-order valence-electron chi connectivity index (χ4n) is 4.03. The Labute approximate surface area is 197 Å². The molecule has 32 heavy (non-hydrogen) atoms. The molecule has 1 aromatic carbocycles. The van der Waals surface area contributed by atoms with Gasteiger partial charge in [0.15, 0.2) is 0 Å². The van der Waals surface area contributed by atoms with E-state index in [-0.39, 0.29) is 12.6 Å². The van der Waals surface area contributed by atoms with E-state index in [1.165, 1.54) is 96.3 Å². The number of hydrogen-bond donors (Lipinski definition) is 2. The van der Waals surface area contributed by atoms with Crippen molar-refractivity contribution in [1.29, 1.82) is 5.26 Å². The van der Waals surface area contributed by atoms with E-state index in [1.807, 2.05) is 12.1 Å². The maximum atomic E-state index is 9.55. The smallest absolute Gasteiger partial charge is 0.0992 e. The van der Waals surface area contributed by atoms with Crippen LogP contribution in [0.5, 0.6) is 0 Å². The number of anilines is 1. The van der Waals surface area contributed by atoms with E-state index in [2.05, 4.69) is 18.3 Å². The zero-order valence-corrected chi connectivity index (χ0v) is 20.6. The van der Waals surface area contributed by atoms with Crippen molar-refractivity contribution in [1.82, 2.24) is 0 Å². The Kier molecular flexibility index (Phi) is 18.9. The molecule has 182 valence electrons. The van der Waals surface area contributed by atoms with E-state index in [9.17, 15) is 5.11 Å². The van der Waals surface area contributed by atoms with Crippen LogP contribution in [0.4, 0.5) is 5.69 Å². The average Bonchev–Trinajstić information content (AvgIpc) is 2.82. The Morgan fingerprint density at radius 2 is 1.38 bits per heavy atom. The fourth-order valence-corrected chi connectivity index (χ4v) is 4.03. The molecule has 2 N–H and O–H groups in total. The Morgan fingerprint density at radius 1 is 0.844 bits per heavy atom. The standard InChI is InChI=1S/C28H48N2O2/c1-2-3-4-5-6-7-8-9-10-11-12-13-14-15-16-17-21-32-25-28(24-31)30-27-20-18-19-26(22-27)23-29/h18-20,22,28,30-31H,2-17,21,24-25H2,1H3/t28-/m0/s1. The number of unbranched alkanes of at least 4 members (excludes halogenated alkanes) is 15. The molecule has 0 aliphatic carbocycles. The third-order valence-electron chi connectivity index (χ3n) is 6.04. The van der Waals surface area contributed by atoms with Crippen molar-refractivity contribution in [2.75, 3.05) is 25.1 Å². The Hall–Kier alpha value is -1.57. The van der Waals surface area contributed by atoms with E-state index >= 15 is 0 Å². The van der Waals surface area contributed by atoms with E-state index in [0.29, 0.717) is 12.2 Å². The van der Waals surface area contributed by atoms with Gasteiger partial charge in [-0.2, -0.15) is 5.26 Å². The second kappa shape index (κ2) is 21.3. The summed E-state index contributed by atoms with van der Waals surface area (Å²) in [5, 5.41) is 21.8. The lowest BCUT2D eigenvalue weighted by Crippen LogP contribution is -2.29. The summed E-state index contributed by atoms with van der Waals surface area (Å²) >= 11 is 0. The summed E-state index contributed by atoms with van der Waals surface area (Å²) in [6.07, 6.45) is 21.9. The van der Waals surface area contributed by atoms with Crippen LogP contribution in [0, 0.1) is 11.3 Å². The molecule has 1 rings (SSSR count). The van der Waals surface area contributed by atoms with Crippen molar-refractivity contribution >= 4 is 5.69 Å². The molecule has 0 spiro atoms. The Morgan fingerprint density at radius 3 is 1.88 bits per heavy atom. The number of nitriles is 1. The van der Waals surface area contributed by atoms with Gasteiger partial charge in [-0.1, -0.05) is 109 Å². The Balaban J connectivity index is 1.86. The highest BCUT2D eigenvalue weighted by Crippen LogP contribution is 2.14. The third kappa shape index (κ3) is 16.1. The quantitative estimate of drug-likeness (QED) is 0.181. The van der Waals surface area contributed by atoms with Gasteiger partial charge in [-0.15, -0.1) is 0 Å². The van der Waals surface area contributed by atoms with Gasteiger partial charge in [0.2, 0.25) is 0 Å². The highest BCUT2D eigenvalue weighted by Gasteiger charge is 2.07. The number of nitrogens with one attached hydrogen (secondary N) is 1. The molecule has 0 aliphatic rings. The normalized spacial score (nSPS) is 11.9. The minimum atomic E-state index is -0.148. The minimum absolute atomic E-state index is 0.00966. The second-order valence-electron chi connectivity index (χ2n) is 9.09. The van der Waals surface area contributed by atoms with Crippen LogP contribution in [0.3, 0.4) is 0 Å². The van der Waals surface area contributed by atoms with E-state index in [4.69, 9.17) is 10.00 Å². The summed E-state index contributed by atoms with van der Waals surface area (Å²) in [6.45, 7) is 3.51. The lowest BCUT2D eigenvalue weighted by Gasteiger charge is -2.18. The van der Waals surface area contributed by atoms with Gasteiger partial charge in [-0.05, 0) is 24.6 Å². The first kappa shape index (κ1) is 28.5. The molecular formula is C28H48N2O2. The summed E-state index contributed by atoms with van der Waals surface area (Å²) in [5.74, 6) is 0. The van der Waals surface area contributed by atoms with Crippen LogP contribution in [-0.2, 0) is 4.74 Å². The molecule has 4 nitrogen and oxygen atoms in total. The van der Waals surface area contributed by atoms with Crippen LogP contribution >= 0.6 is 0 Å². The number of hydrogen-bond acceptors (Lipinski definition) is 4. The van der Waals surface area contributed by atoms with E-state index in [0.717, 1.165) is 18.7 Å². The predicted molar refractivity (Wildman–Crippen MR) is 136 cm³/mol. The minimum Gasteiger partial charge on any atom is -0.394 e. The van der Waals surface area contributed by atoms with E-state index < -0.39 is 0 Å². The molecule has 0 fully saturated rings. The van der Waals surface area contributed by atoms with Gasteiger partial charge in [0, 0.05) is 12.3 Å². The topological polar surface area (TPSA) is 65.3 Å². The molecule has 0 aromatic heterocycles. The maximum absolute atomic E-state index is 9.55. The average molecular weight is 445 g/mol. The van der Waals surface area contributed by atoms with Crippen LogP contribution in [0.15, 0.2) is 24.3 Å². The molecule has 4 heteroatoms. The zero-order chi connectivity index (χ0) is 23.1. The molecule has 0 amide bonds. The highest BCUT2D eigenvalue weighted by atomic mass is 16.5. The molecule has 1 aromatic rings. The molecule has 1 atom stereocenters. The van der Waals surface area contributed by atoms with E-state index in [1.54, 1.807) is 12.1 Å². The summed E-state index contributed by atoms with van der Waals surface area (Å²) < 4.78 is 5.75. The largest absolute Gasteiger partial charge is 0.394 e. The zero-order valence-electron chi connectivity index (χ0n) is 20.6. The molecule has 0 heterocycles. The van der Waals surface area contributed by atoms with Gasteiger partial charge in [0.05, 0.1) is 30.9 Å². The summed E-state index contributed by atoms with van der Waals surface area (Å²) in [4.78, 5) is 0. The molecule has 0 aliphatic heterocycles. The number of rotatable bonds is 22. The Bertz CT molecular complexity index is 585. The first-order valence-corrected chi connectivity index (χ1v) is 13.3. The molecule has 0 saturated heterocycles.